The molecule has 11 heteroatoms. The van der Waals surface area contributed by atoms with E-state index in [1.54, 1.807) is 12.1 Å². The molecule has 0 fully saturated rings. The molecule has 0 radical (unpaired) electrons. The lowest BCUT2D eigenvalue weighted by molar-refractivity contribution is -0.119. The number of aromatic nitrogens is 1. The minimum absolute atomic E-state index is 0.0800. The number of pyridine rings is 1. The molecule has 0 aliphatic heterocycles. The van der Waals surface area contributed by atoms with Gasteiger partial charge in [-0.3, -0.25) is 9.59 Å². The Morgan fingerprint density at radius 1 is 1.26 bits per heavy atom. The minimum atomic E-state index is -0.419. The third-order valence-electron chi connectivity index (χ3n) is 3.56. The standard InChI is InChI=1S/C16H20ClN7O3/c1-21-13(25)6-22-16(26)8-2-3-9(10(17)4-8)7-27-11-5-12(18)23-15(24-20)14(11)19/h2-5H,6-7,19-20H2,1H3,(H,21,25)(H,22,26)(H3,18,23,24). The molecule has 9 N–H and O–H groups in total. The number of anilines is 3. The Morgan fingerprint density at radius 2 is 2.00 bits per heavy atom. The molecule has 0 spiro atoms. The molecule has 2 aromatic rings. The van der Waals surface area contributed by atoms with Crippen molar-refractivity contribution in [3.8, 4) is 5.75 Å². The molecule has 27 heavy (non-hydrogen) atoms. The van der Waals surface area contributed by atoms with Crippen molar-refractivity contribution < 1.29 is 14.3 Å². The minimum Gasteiger partial charge on any atom is -0.486 e. The fraction of sp³-hybridized carbons (Fsp3) is 0.188. The Bertz CT molecular complexity index is 860. The molecule has 0 atom stereocenters. The number of hydrogen-bond acceptors (Lipinski definition) is 8. The maximum absolute atomic E-state index is 12.0. The number of nitrogens with two attached hydrogens (primary N) is 3. The van der Waals surface area contributed by atoms with Crippen molar-refractivity contribution in [3.63, 3.8) is 0 Å². The van der Waals surface area contributed by atoms with Crippen molar-refractivity contribution >= 4 is 40.7 Å². The van der Waals surface area contributed by atoms with Gasteiger partial charge in [-0.05, 0) is 12.1 Å². The van der Waals surface area contributed by atoms with Gasteiger partial charge in [-0.2, -0.15) is 0 Å². The van der Waals surface area contributed by atoms with Crippen molar-refractivity contribution in [2.45, 2.75) is 6.61 Å². The van der Waals surface area contributed by atoms with Gasteiger partial charge in [0, 0.05) is 29.3 Å². The van der Waals surface area contributed by atoms with Gasteiger partial charge in [0.15, 0.2) is 5.82 Å². The van der Waals surface area contributed by atoms with Gasteiger partial charge in [-0.1, -0.05) is 17.7 Å². The zero-order valence-corrected chi connectivity index (χ0v) is 15.3. The monoisotopic (exact) mass is 393 g/mol. The van der Waals surface area contributed by atoms with E-state index in [9.17, 15) is 9.59 Å². The highest BCUT2D eigenvalue weighted by Gasteiger charge is 2.13. The second-order valence-electron chi connectivity index (χ2n) is 5.40. The van der Waals surface area contributed by atoms with Crippen LogP contribution in [0.5, 0.6) is 5.75 Å². The van der Waals surface area contributed by atoms with Crippen LogP contribution in [0, 0.1) is 0 Å². The van der Waals surface area contributed by atoms with Crippen molar-refractivity contribution in [1.82, 2.24) is 15.6 Å². The predicted octanol–water partition coefficient (Wildman–Crippen LogP) is 0.240. The van der Waals surface area contributed by atoms with Gasteiger partial charge >= 0.3 is 0 Å². The van der Waals surface area contributed by atoms with E-state index >= 15 is 0 Å². The molecule has 10 nitrogen and oxygen atoms in total. The van der Waals surface area contributed by atoms with Crippen LogP contribution in [0.2, 0.25) is 5.02 Å². The zero-order valence-electron chi connectivity index (χ0n) is 14.5. The first-order chi connectivity index (χ1) is 12.8. The first-order valence-corrected chi connectivity index (χ1v) is 8.16. The molecular formula is C16H20ClN7O3. The number of nitrogen functional groups attached to an aromatic ring is 3. The summed E-state index contributed by atoms with van der Waals surface area (Å²) >= 11 is 6.22. The quantitative estimate of drug-likeness (QED) is 0.287. The summed E-state index contributed by atoms with van der Waals surface area (Å²) in [7, 11) is 1.48. The molecule has 0 aliphatic carbocycles. The molecule has 2 amide bonds. The number of benzene rings is 1. The summed E-state index contributed by atoms with van der Waals surface area (Å²) in [5.41, 5.74) is 15.0. The Balaban J connectivity index is 2.08. The Labute approximate surface area is 160 Å². The summed E-state index contributed by atoms with van der Waals surface area (Å²) in [6, 6.07) is 6.15. The number of amides is 2. The highest BCUT2D eigenvalue weighted by molar-refractivity contribution is 6.31. The highest BCUT2D eigenvalue weighted by atomic mass is 35.5. The van der Waals surface area contributed by atoms with Crippen molar-refractivity contribution in [1.29, 1.82) is 0 Å². The molecule has 0 unspecified atom stereocenters. The summed E-state index contributed by atoms with van der Waals surface area (Å²) in [5, 5.41) is 5.21. The van der Waals surface area contributed by atoms with Gasteiger partial charge < -0.3 is 32.3 Å². The summed E-state index contributed by atoms with van der Waals surface area (Å²) in [6.45, 7) is -0.0469. The average Bonchev–Trinajstić information content (AvgIpc) is 2.66. The lowest BCUT2D eigenvalue weighted by atomic mass is 10.1. The van der Waals surface area contributed by atoms with Gasteiger partial charge in [0.25, 0.3) is 5.91 Å². The van der Waals surface area contributed by atoms with Crippen molar-refractivity contribution in [2.24, 2.45) is 5.84 Å². The summed E-state index contributed by atoms with van der Waals surface area (Å²) < 4.78 is 5.64. The summed E-state index contributed by atoms with van der Waals surface area (Å²) in [4.78, 5) is 27.1. The first-order valence-electron chi connectivity index (χ1n) is 7.78. The number of carbonyl (C=O) groups excluding carboxylic acids is 2. The largest absolute Gasteiger partial charge is 0.486 e. The van der Waals surface area contributed by atoms with E-state index in [4.69, 9.17) is 33.6 Å². The number of hydrogen-bond donors (Lipinski definition) is 6. The molecule has 0 saturated heterocycles. The van der Waals surface area contributed by atoms with Crippen molar-refractivity contribution in [3.05, 3.63) is 40.4 Å². The summed E-state index contributed by atoms with van der Waals surface area (Å²) in [5.74, 6) is 5.27. The fourth-order valence-electron chi connectivity index (χ4n) is 2.09. The Hall–Kier alpha value is -3.24. The number of nitrogens with zero attached hydrogens (tertiary/aromatic N) is 1. The van der Waals surface area contributed by atoms with Crippen LogP contribution in [0.4, 0.5) is 17.3 Å². The molecule has 144 valence electrons. The second kappa shape index (κ2) is 8.92. The van der Waals surface area contributed by atoms with Gasteiger partial charge in [0.05, 0.1) is 6.54 Å². The number of carbonyl (C=O) groups is 2. The maximum Gasteiger partial charge on any atom is 0.251 e. The van der Waals surface area contributed by atoms with Crippen LogP contribution >= 0.6 is 11.6 Å². The zero-order chi connectivity index (χ0) is 20.0. The fourth-order valence-corrected chi connectivity index (χ4v) is 2.33. The molecule has 2 rings (SSSR count). The molecule has 0 saturated carbocycles. The lowest BCUT2D eigenvalue weighted by Crippen LogP contribution is -2.35. The van der Waals surface area contributed by atoms with Crippen LogP contribution in [-0.4, -0.2) is 30.4 Å². The molecule has 1 aromatic carbocycles. The Kier molecular flexibility index (Phi) is 6.63. The van der Waals surface area contributed by atoms with Crippen LogP contribution in [-0.2, 0) is 11.4 Å². The average molecular weight is 394 g/mol. The number of hydrazine groups is 1. The van der Waals surface area contributed by atoms with Crippen LogP contribution < -0.4 is 38.1 Å². The Morgan fingerprint density at radius 3 is 2.63 bits per heavy atom. The first kappa shape index (κ1) is 20.1. The van der Waals surface area contributed by atoms with Gasteiger partial charge in [0.1, 0.15) is 23.9 Å². The smallest absolute Gasteiger partial charge is 0.251 e. The molecule has 1 aromatic heterocycles. The summed E-state index contributed by atoms with van der Waals surface area (Å²) in [6.07, 6.45) is 0. The molecule has 1 heterocycles. The van der Waals surface area contributed by atoms with Gasteiger partial charge in [-0.25, -0.2) is 10.8 Å². The van der Waals surface area contributed by atoms with E-state index in [-0.39, 0.29) is 36.4 Å². The van der Waals surface area contributed by atoms with Gasteiger partial charge in [-0.15, -0.1) is 0 Å². The van der Waals surface area contributed by atoms with Crippen LogP contribution in [0.25, 0.3) is 0 Å². The molecular weight excluding hydrogens is 374 g/mol. The topological polar surface area (TPSA) is 170 Å². The van der Waals surface area contributed by atoms with E-state index < -0.39 is 5.91 Å². The molecule has 0 aliphatic rings. The predicted molar refractivity (Wildman–Crippen MR) is 103 cm³/mol. The third-order valence-corrected chi connectivity index (χ3v) is 3.92. The van der Waals surface area contributed by atoms with E-state index in [2.05, 4.69) is 21.0 Å². The number of rotatable bonds is 7. The van der Waals surface area contributed by atoms with E-state index in [0.29, 0.717) is 21.9 Å². The maximum atomic E-state index is 12.0. The van der Waals surface area contributed by atoms with Crippen LogP contribution in [0.1, 0.15) is 15.9 Å². The number of likely N-dealkylation sites (N-methyl/N-ethyl adjacent to an activating group) is 1. The highest BCUT2D eigenvalue weighted by Crippen LogP contribution is 2.30. The number of halogens is 1. The third kappa shape index (κ3) is 5.12. The van der Waals surface area contributed by atoms with Crippen LogP contribution in [0.15, 0.2) is 24.3 Å². The van der Waals surface area contributed by atoms with Crippen LogP contribution in [0.3, 0.4) is 0 Å². The second-order valence-corrected chi connectivity index (χ2v) is 5.81. The van der Waals surface area contributed by atoms with Gasteiger partial charge in [0.2, 0.25) is 5.91 Å². The number of ether oxygens (including phenoxy) is 1. The van der Waals surface area contributed by atoms with E-state index in [1.807, 2.05) is 0 Å². The van der Waals surface area contributed by atoms with Crippen molar-refractivity contribution in [2.75, 3.05) is 30.5 Å². The van der Waals surface area contributed by atoms with E-state index in [1.165, 1.54) is 19.2 Å². The number of nitrogens with one attached hydrogen (secondary N) is 3. The normalized spacial score (nSPS) is 10.2. The lowest BCUT2D eigenvalue weighted by Gasteiger charge is -2.13. The SMILES string of the molecule is CNC(=O)CNC(=O)c1ccc(COc2cc(N)nc(NN)c2N)c(Cl)c1. The molecule has 0 bridgehead atoms. The van der Waals surface area contributed by atoms with E-state index in [0.717, 1.165) is 0 Å².